The Morgan fingerprint density at radius 3 is 1.52 bits per heavy atom. The minimum absolute atomic E-state index is 0.331. The van der Waals surface area contributed by atoms with Crippen LogP contribution in [0.3, 0.4) is 0 Å². The van der Waals surface area contributed by atoms with E-state index >= 15 is 0 Å². The molecule has 3 N–H and O–H groups in total. The lowest BCUT2D eigenvalue weighted by molar-refractivity contribution is 0.0648. The van der Waals surface area contributed by atoms with Crippen molar-refractivity contribution >= 4 is 37.5 Å². The molecule has 0 aliphatic carbocycles. The summed E-state index contributed by atoms with van der Waals surface area (Å²) in [7, 11) is -1.58. The molecule has 0 aromatic rings. The number of isocyanates is 3. The Hall–Kier alpha value is -1.67. The van der Waals surface area contributed by atoms with Gasteiger partial charge in [0.2, 0.25) is 18.2 Å². The van der Waals surface area contributed by atoms with E-state index in [9.17, 15) is 0 Å². The first kappa shape index (κ1) is 36.7. The Labute approximate surface area is 188 Å². The van der Waals surface area contributed by atoms with Crippen molar-refractivity contribution in [3.63, 3.8) is 0 Å². The van der Waals surface area contributed by atoms with Crippen molar-refractivity contribution in [3.8, 4) is 0 Å². The van der Waals surface area contributed by atoms with E-state index in [0.717, 1.165) is 54.4 Å². The molecule has 12 nitrogen and oxygen atoms in total. The number of rotatable bonds is 13. The topological polar surface area (TPSA) is 181 Å². The van der Waals surface area contributed by atoms with Crippen LogP contribution in [-0.4, -0.2) is 89.9 Å². The summed E-state index contributed by atoms with van der Waals surface area (Å²) < 4.78 is 32.6. The van der Waals surface area contributed by atoms with Gasteiger partial charge in [-0.15, -0.1) is 0 Å². The highest BCUT2D eigenvalue weighted by Crippen LogP contribution is 2.18. The molecule has 0 aromatic heterocycles. The summed E-state index contributed by atoms with van der Waals surface area (Å²) >= 11 is 0. The van der Waals surface area contributed by atoms with Crippen molar-refractivity contribution < 1.29 is 41.6 Å². The Morgan fingerprint density at radius 2 is 1.26 bits per heavy atom. The molecule has 182 valence electrons. The largest absolute Gasteiger partial charge is 0.501 e. The molecule has 1 aliphatic rings. The molecule has 0 saturated carbocycles. The van der Waals surface area contributed by atoms with Crippen LogP contribution in [0.5, 0.6) is 0 Å². The Kier molecular flexibility index (Phi) is 39.0. The zero-order valence-electron chi connectivity index (χ0n) is 19.1. The number of ether oxygens (including phenoxy) is 2. The number of epoxide rings is 1. The number of carbonyl (C=O) groups excluding carboxylic acids is 3. The van der Waals surface area contributed by atoms with Gasteiger partial charge in [0.05, 0.1) is 13.2 Å². The molecule has 1 fully saturated rings. The van der Waals surface area contributed by atoms with E-state index in [1.54, 1.807) is 0 Å². The molecule has 31 heavy (non-hydrogen) atoms. The molecule has 1 heterocycles. The van der Waals surface area contributed by atoms with Crippen LogP contribution in [-0.2, 0) is 41.6 Å². The smallest absolute Gasteiger partial charge is 0.428 e. The normalized spacial score (nSPS) is 13.0. The predicted molar refractivity (Wildman–Crippen MR) is 117 cm³/mol. The van der Waals surface area contributed by atoms with E-state index in [1.165, 1.54) is 0 Å². The summed E-state index contributed by atoms with van der Waals surface area (Å²) in [5.41, 5.74) is 0. The van der Waals surface area contributed by atoms with Gasteiger partial charge in [0, 0.05) is 39.1 Å². The second-order valence-corrected chi connectivity index (χ2v) is 8.31. The van der Waals surface area contributed by atoms with Crippen LogP contribution in [0, 0.1) is 16.2 Å². The van der Waals surface area contributed by atoms with Crippen LogP contribution < -0.4 is 0 Å². The van der Waals surface area contributed by atoms with E-state index in [4.69, 9.17) is 53.4 Å². The van der Waals surface area contributed by atoms with Crippen molar-refractivity contribution in [2.75, 3.05) is 46.2 Å². The third kappa shape index (κ3) is 36.1. The minimum Gasteiger partial charge on any atom is -0.428 e. The summed E-state index contributed by atoms with van der Waals surface area (Å²) in [5.74, 6) is 0. The lowest BCUT2D eigenvalue weighted by Gasteiger charge is -2.28. The fraction of sp³-hybridized carbons (Fsp3) is 0.824. The summed E-state index contributed by atoms with van der Waals surface area (Å²) in [5, 5.41) is 16.2. The van der Waals surface area contributed by atoms with Crippen LogP contribution in [0.25, 0.3) is 0 Å². The van der Waals surface area contributed by atoms with Crippen LogP contribution in [0.2, 0.25) is 6.04 Å². The second-order valence-electron chi connectivity index (χ2n) is 5.00. The van der Waals surface area contributed by atoms with Crippen LogP contribution in [0.4, 0.5) is 0 Å². The second kappa shape index (κ2) is 33.0. The molecule has 0 aromatic carbocycles. The van der Waals surface area contributed by atoms with E-state index in [-0.39, 0.29) is 0 Å². The Morgan fingerprint density at radius 1 is 0.903 bits per heavy atom. The lowest BCUT2D eigenvalue weighted by atomic mass is 10.5. The van der Waals surface area contributed by atoms with E-state index in [1.807, 2.05) is 27.7 Å². The molecule has 14 heteroatoms. The van der Waals surface area contributed by atoms with Crippen LogP contribution >= 0.6 is 0 Å². The Bertz CT molecular complexity index is 418. The highest BCUT2D eigenvalue weighted by molar-refractivity contribution is 6.60. The first-order valence-corrected chi connectivity index (χ1v) is 12.4. The third-order valence-electron chi connectivity index (χ3n) is 2.86. The van der Waals surface area contributed by atoms with Gasteiger partial charge in [-0.1, -0.05) is 0 Å². The molecule has 0 amide bonds. The van der Waals surface area contributed by atoms with Gasteiger partial charge in [-0.2, -0.15) is 0 Å². The SMILES string of the molecule is CCO[SiH3].CCO[Si](CCCOCC1CO1)(OCC)OCC.N=C=O.N=C=O.N=C=O. The van der Waals surface area contributed by atoms with Gasteiger partial charge >= 0.3 is 8.80 Å². The maximum Gasteiger partial charge on any atom is 0.501 e. The molecule has 1 atom stereocenters. The maximum absolute atomic E-state index is 8.35. The van der Waals surface area contributed by atoms with Gasteiger partial charge in [0.15, 0.2) is 0 Å². The van der Waals surface area contributed by atoms with Gasteiger partial charge in [0.25, 0.3) is 0 Å². The average molecular weight is 484 g/mol. The fourth-order valence-electron chi connectivity index (χ4n) is 1.77. The van der Waals surface area contributed by atoms with Crippen molar-refractivity contribution in [3.05, 3.63) is 0 Å². The summed E-state index contributed by atoms with van der Waals surface area (Å²) in [6.45, 7) is 12.9. The van der Waals surface area contributed by atoms with E-state index < -0.39 is 8.80 Å². The van der Waals surface area contributed by atoms with Gasteiger partial charge in [-0.3, -0.25) is 0 Å². The zero-order valence-corrected chi connectivity index (χ0v) is 22.1. The average Bonchev–Trinajstić information content (AvgIpc) is 3.55. The highest BCUT2D eigenvalue weighted by atomic mass is 28.4. The number of hydrogen-bond donors (Lipinski definition) is 3. The van der Waals surface area contributed by atoms with Crippen LogP contribution in [0.15, 0.2) is 0 Å². The first-order chi connectivity index (χ1) is 14.9. The standard InChI is InChI=1S/C12H26O5Si.C2H8OSi.3CHNO/c1-4-15-18(16-5-2,17-6-3)9-7-8-13-10-12-11-14-12;1-2-3-4;3*2-1-3/h12H,4-11H2,1-3H3;2H2,1,4H3;3*2H. The van der Waals surface area contributed by atoms with Crippen molar-refractivity contribution in [1.82, 2.24) is 0 Å². The van der Waals surface area contributed by atoms with Crippen molar-refractivity contribution in [2.24, 2.45) is 0 Å². The van der Waals surface area contributed by atoms with E-state index in [0.29, 0.717) is 39.1 Å². The summed E-state index contributed by atoms with van der Waals surface area (Å²) in [6.07, 6.45) is 3.48. The molecule has 0 radical (unpaired) electrons. The molecule has 1 aliphatic heterocycles. The van der Waals surface area contributed by atoms with Crippen LogP contribution in [0.1, 0.15) is 34.1 Å². The van der Waals surface area contributed by atoms with Gasteiger partial charge in [-0.05, 0) is 34.1 Å². The highest BCUT2D eigenvalue weighted by Gasteiger charge is 2.39. The Balaban J connectivity index is -0.000000231. The summed E-state index contributed by atoms with van der Waals surface area (Å²) in [6, 6.07) is 0.814. The molecular weight excluding hydrogens is 446 g/mol. The molecule has 1 unspecified atom stereocenters. The molecule has 1 rings (SSSR count). The fourth-order valence-corrected chi connectivity index (χ4v) is 4.35. The van der Waals surface area contributed by atoms with Gasteiger partial charge in [0.1, 0.15) is 16.6 Å². The predicted octanol–water partition coefficient (Wildman–Crippen LogP) is 0.847. The number of hydrogen-bond acceptors (Lipinski definition) is 12. The molecule has 0 spiro atoms. The quantitative estimate of drug-likeness (QED) is 0.112. The third-order valence-corrected chi connectivity index (χ3v) is 6.59. The van der Waals surface area contributed by atoms with Crippen molar-refractivity contribution in [1.29, 1.82) is 16.2 Å². The van der Waals surface area contributed by atoms with Gasteiger partial charge < -0.3 is 27.2 Å². The number of nitrogens with one attached hydrogen (secondary N) is 3. The molecule has 0 bridgehead atoms. The zero-order chi connectivity index (χ0) is 24.8. The summed E-state index contributed by atoms with van der Waals surface area (Å²) in [4.78, 5) is 25.0. The maximum atomic E-state index is 8.35. The van der Waals surface area contributed by atoms with E-state index in [2.05, 4.69) is 4.43 Å². The molecular formula is C17H37N3O9Si2. The first-order valence-electron chi connectivity index (χ1n) is 9.64. The molecule has 1 saturated heterocycles. The monoisotopic (exact) mass is 483 g/mol. The van der Waals surface area contributed by atoms with Crippen molar-refractivity contribution in [2.45, 2.75) is 46.3 Å². The van der Waals surface area contributed by atoms with Gasteiger partial charge in [-0.25, -0.2) is 30.6 Å². The minimum atomic E-state index is -2.47. The lowest BCUT2D eigenvalue weighted by Crippen LogP contribution is -2.46.